The van der Waals surface area contributed by atoms with E-state index in [1.54, 1.807) is 18.4 Å². The van der Waals surface area contributed by atoms with Gasteiger partial charge in [0.25, 0.3) is 0 Å². The normalized spacial score (nSPS) is 31.5. The zero-order chi connectivity index (χ0) is 17.0. The van der Waals surface area contributed by atoms with Crippen molar-refractivity contribution in [3.05, 3.63) is 22.7 Å². The third-order valence-corrected chi connectivity index (χ3v) is 6.88. The molecule has 0 radical (unpaired) electrons. The Balaban J connectivity index is 1.40. The van der Waals surface area contributed by atoms with Crippen LogP contribution in [-0.2, 0) is 9.53 Å². The van der Waals surface area contributed by atoms with Crippen molar-refractivity contribution in [2.24, 2.45) is 17.8 Å². The smallest absolute Gasteiger partial charge is 0.231 e. The molecule has 2 bridgehead atoms. The summed E-state index contributed by atoms with van der Waals surface area (Å²) in [4.78, 5) is 19.7. The van der Waals surface area contributed by atoms with Gasteiger partial charge in [0.05, 0.1) is 17.9 Å². The summed E-state index contributed by atoms with van der Waals surface area (Å²) in [5.41, 5.74) is 0.983. The summed E-state index contributed by atoms with van der Waals surface area (Å²) in [5.74, 6) is 2.56. The lowest BCUT2D eigenvalue weighted by atomic mass is 9.78. The van der Waals surface area contributed by atoms with Crippen LogP contribution >= 0.6 is 11.3 Å². The van der Waals surface area contributed by atoms with E-state index in [1.165, 1.54) is 0 Å². The number of nitrogens with zero attached hydrogens (tertiary/aromatic N) is 3. The first-order valence-corrected chi connectivity index (χ1v) is 9.86. The fourth-order valence-corrected chi connectivity index (χ4v) is 5.49. The van der Waals surface area contributed by atoms with Gasteiger partial charge in [-0.05, 0) is 42.5 Å². The maximum Gasteiger partial charge on any atom is 0.231 e. The topological polar surface area (TPSA) is 68.5 Å². The second kappa shape index (κ2) is 5.92. The number of ether oxygens (including phenoxy) is 1. The minimum atomic E-state index is -0.00710. The van der Waals surface area contributed by atoms with Crippen molar-refractivity contribution >= 4 is 17.2 Å². The number of hydrogen-bond donors (Lipinski definition) is 0. The summed E-state index contributed by atoms with van der Waals surface area (Å²) < 4.78 is 10.9. The molecule has 7 heteroatoms. The monoisotopic (exact) mass is 359 g/mol. The van der Waals surface area contributed by atoms with Gasteiger partial charge >= 0.3 is 0 Å². The highest BCUT2D eigenvalue weighted by Crippen LogP contribution is 2.57. The van der Waals surface area contributed by atoms with E-state index in [4.69, 9.17) is 9.26 Å². The predicted octanol–water partition coefficient (Wildman–Crippen LogP) is 2.79. The maximum atomic E-state index is 13.1. The van der Waals surface area contributed by atoms with E-state index < -0.39 is 0 Å². The summed E-state index contributed by atoms with van der Waals surface area (Å²) in [6, 6.07) is 1.99. The molecule has 6 nitrogen and oxygen atoms in total. The van der Waals surface area contributed by atoms with Crippen LogP contribution in [-0.4, -0.2) is 47.3 Å². The molecular weight excluding hydrogens is 338 g/mol. The fourth-order valence-electron chi connectivity index (χ4n) is 4.86. The van der Waals surface area contributed by atoms with Crippen LogP contribution in [0.3, 0.4) is 0 Å². The number of carbonyl (C=O) groups is 1. The van der Waals surface area contributed by atoms with Crippen LogP contribution in [0.2, 0.25) is 0 Å². The van der Waals surface area contributed by atoms with Crippen molar-refractivity contribution in [3.8, 4) is 11.4 Å². The summed E-state index contributed by atoms with van der Waals surface area (Å²) in [5, 5.41) is 8.18. The Bertz CT molecular complexity index is 768. The van der Waals surface area contributed by atoms with E-state index in [2.05, 4.69) is 10.1 Å². The Morgan fingerprint density at radius 1 is 1.36 bits per heavy atom. The lowest BCUT2D eigenvalue weighted by molar-refractivity contribution is -0.150. The first kappa shape index (κ1) is 15.5. The van der Waals surface area contributed by atoms with Crippen LogP contribution in [0.25, 0.3) is 11.4 Å². The van der Waals surface area contributed by atoms with Gasteiger partial charge in [-0.15, -0.1) is 0 Å². The van der Waals surface area contributed by atoms with Crippen LogP contribution in [0.1, 0.15) is 31.1 Å². The number of rotatable bonds is 4. The molecule has 2 saturated carbocycles. The molecule has 2 aromatic rings. The van der Waals surface area contributed by atoms with Gasteiger partial charge in [0, 0.05) is 31.1 Å². The standard InChI is InChI=1S/C18H21N3O3S/c1-23-13-7-21(8-13)18(22)15-11-3-2-10(6-11)14(15)17-19-16(20-24-17)12-4-5-25-9-12/h4-5,9-11,13-15H,2-3,6-8H2,1H3/t10-,11+,14+,15+/m1/s1. The zero-order valence-corrected chi connectivity index (χ0v) is 14.9. The largest absolute Gasteiger partial charge is 0.378 e. The highest BCUT2D eigenvalue weighted by molar-refractivity contribution is 7.08. The number of likely N-dealkylation sites (tertiary alicyclic amines) is 1. The van der Waals surface area contributed by atoms with E-state index in [9.17, 15) is 4.79 Å². The van der Waals surface area contributed by atoms with Crippen LogP contribution < -0.4 is 0 Å². The molecule has 132 valence electrons. The van der Waals surface area contributed by atoms with E-state index in [0.717, 1.165) is 24.8 Å². The number of carbonyl (C=O) groups excluding carboxylic acids is 1. The number of hydrogen-bond acceptors (Lipinski definition) is 6. The molecule has 0 N–H and O–H groups in total. The Hall–Kier alpha value is -1.73. The highest BCUT2D eigenvalue weighted by atomic mass is 32.1. The molecule has 0 spiro atoms. The van der Waals surface area contributed by atoms with Crippen molar-refractivity contribution in [2.75, 3.05) is 20.2 Å². The summed E-state index contributed by atoms with van der Waals surface area (Å²) in [6.45, 7) is 1.42. The van der Waals surface area contributed by atoms with Crippen molar-refractivity contribution in [1.82, 2.24) is 15.0 Å². The molecule has 1 saturated heterocycles. The van der Waals surface area contributed by atoms with Gasteiger partial charge in [-0.1, -0.05) is 5.16 Å². The fraction of sp³-hybridized carbons (Fsp3) is 0.611. The van der Waals surface area contributed by atoms with E-state index in [0.29, 0.717) is 36.6 Å². The Labute approximate surface area is 150 Å². The lowest BCUT2D eigenvalue weighted by Crippen LogP contribution is -2.57. The molecule has 0 unspecified atom stereocenters. The molecule has 5 rings (SSSR count). The number of fused-ring (bicyclic) bond motifs is 2. The second-order valence-electron chi connectivity index (χ2n) is 7.45. The number of aromatic nitrogens is 2. The van der Waals surface area contributed by atoms with Crippen LogP contribution in [0.15, 0.2) is 21.3 Å². The minimum absolute atomic E-state index is 0.00710. The second-order valence-corrected chi connectivity index (χ2v) is 8.23. The van der Waals surface area contributed by atoms with Crippen LogP contribution in [0.4, 0.5) is 0 Å². The van der Waals surface area contributed by atoms with Gasteiger partial charge in [-0.2, -0.15) is 16.3 Å². The maximum absolute atomic E-state index is 13.1. The van der Waals surface area contributed by atoms with Crippen LogP contribution in [0, 0.1) is 17.8 Å². The quantitative estimate of drug-likeness (QED) is 0.840. The van der Waals surface area contributed by atoms with Crippen LogP contribution in [0.5, 0.6) is 0 Å². The van der Waals surface area contributed by atoms with Gasteiger partial charge < -0.3 is 14.2 Å². The van der Waals surface area contributed by atoms with E-state index in [-0.39, 0.29) is 23.8 Å². The van der Waals surface area contributed by atoms with Crippen molar-refractivity contribution in [1.29, 1.82) is 0 Å². The predicted molar refractivity (Wildman–Crippen MR) is 92.1 cm³/mol. The molecule has 1 aliphatic heterocycles. The Morgan fingerprint density at radius 2 is 2.20 bits per heavy atom. The summed E-state index contributed by atoms with van der Waals surface area (Å²) >= 11 is 1.62. The molecule has 0 aromatic carbocycles. The third kappa shape index (κ3) is 2.44. The molecule has 1 amide bonds. The van der Waals surface area contributed by atoms with Gasteiger partial charge in [-0.25, -0.2) is 0 Å². The van der Waals surface area contributed by atoms with E-state index >= 15 is 0 Å². The van der Waals surface area contributed by atoms with Gasteiger partial charge in [0.2, 0.25) is 17.6 Å². The number of thiophene rings is 1. The lowest BCUT2D eigenvalue weighted by Gasteiger charge is -2.41. The zero-order valence-electron chi connectivity index (χ0n) is 14.1. The minimum Gasteiger partial charge on any atom is -0.378 e. The van der Waals surface area contributed by atoms with Gasteiger partial charge in [0.15, 0.2) is 0 Å². The average Bonchev–Trinajstić information content (AvgIpc) is 3.35. The molecule has 2 aromatic heterocycles. The van der Waals surface area contributed by atoms with Crippen molar-refractivity contribution in [3.63, 3.8) is 0 Å². The van der Waals surface area contributed by atoms with E-state index in [1.807, 2.05) is 21.7 Å². The summed E-state index contributed by atoms with van der Waals surface area (Å²) in [7, 11) is 1.71. The van der Waals surface area contributed by atoms with Gasteiger partial charge in [-0.3, -0.25) is 4.79 Å². The third-order valence-electron chi connectivity index (χ3n) is 6.20. The molecule has 3 fully saturated rings. The number of amides is 1. The molecule has 3 aliphatic rings. The first-order valence-electron chi connectivity index (χ1n) is 8.92. The SMILES string of the molecule is COC1CN(C(=O)[C@H]2[C@H]3CC[C@H](C3)[C@@H]2c2nc(-c3ccsc3)no2)C1. The number of methoxy groups -OCH3 is 1. The molecule has 25 heavy (non-hydrogen) atoms. The molecule has 4 atom stereocenters. The Morgan fingerprint density at radius 3 is 2.96 bits per heavy atom. The van der Waals surface area contributed by atoms with Crippen molar-refractivity contribution < 1.29 is 14.1 Å². The first-order chi connectivity index (χ1) is 12.2. The highest BCUT2D eigenvalue weighted by Gasteiger charge is 2.55. The van der Waals surface area contributed by atoms with Crippen molar-refractivity contribution in [2.45, 2.75) is 31.3 Å². The van der Waals surface area contributed by atoms with Gasteiger partial charge in [0.1, 0.15) is 0 Å². The summed E-state index contributed by atoms with van der Waals surface area (Å²) in [6.07, 6.45) is 3.61. The molecular formula is C18H21N3O3S. The average molecular weight is 359 g/mol. The molecule has 2 aliphatic carbocycles. The Kier molecular flexibility index (Phi) is 3.67. The molecule has 3 heterocycles.